The molecular formula is C10H11Cl2FO. The van der Waals surface area contributed by atoms with E-state index >= 15 is 0 Å². The van der Waals surface area contributed by atoms with Crippen LogP contribution in [-0.2, 0) is 0 Å². The molecule has 0 fully saturated rings. The van der Waals surface area contributed by atoms with Gasteiger partial charge in [-0.1, -0.05) is 37.0 Å². The number of aromatic hydroxyl groups is 1. The fourth-order valence-electron chi connectivity index (χ4n) is 1.31. The Morgan fingerprint density at radius 1 is 1.21 bits per heavy atom. The van der Waals surface area contributed by atoms with Crippen LogP contribution in [0.2, 0.25) is 10.0 Å². The van der Waals surface area contributed by atoms with Crippen LogP contribution in [-0.4, -0.2) is 5.11 Å². The van der Waals surface area contributed by atoms with Crippen molar-refractivity contribution in [3.05, 3.63) is 27.0 Å². The van der Waals surface area contributed by atoms with Crippen LogP contribution in [0.15, 0.2) is 0 Å². The lowest BCUT2D eigenvalue weighted by Crippen LogP contribution is -1.96. The van der Waals surface area contributed by atoms with Gasteiger partial charge in [-0.15, -0.1) is 0 Å². The molecule has 0 radical (unpaired) electrons. The Bertz CT molecular complexity index is 346. The number of benzene rings is 1. The van der Waals surface area contributed by atoms with E-state index in [-0.39, 0.29) is 21.5 Å². The van der Waals surface area contributed by atoms with E-state index in [0.717, 1.165) is 0 Å². The summed E-state index contributed by atoms with van der Waals surface area (Å²) >= 11 is 11.7. The zero-order valence-electron chi connectivity index (χ0n) is 8.16. The smallest absolute Gasteiger partial charge is 0.169 e. The number of phenolic OH excluding ortho intramolecular Hbond substituents is 1. The van der Waals surface area contributed by atoms with E-state index in [0.29, 0.717) is 5.56 Å². The van der Waals surface area contributed by atoms with E-state index in [9.17, 15) is 9.50 Å². The highest BCUT2D eigenvalue weighted by Crippen LogP contribution is 2.41. The Balaban J connectivity index is 3.60. The highest BCUT2D eigenvalue weighted by Gasteiger charge is 2.21. The van der Waals surface area contributed by atoms with Gasteiger partial charge < -0.3 is 5.11 Å². The molecule has 0 spiro atoms. The SMILES string of the molecule is Cc1c(F)c(O)c(C(C)C)c(Cl)c1Cl. The van der Waals surface area contributed by atoms with Crippen molar-refractivity contribution in [3.63, 3.8) is 0 Å². The van der Waals surface area contributed by atoms with Gasteiger partial charge in [0, 0.05) is 11.1 Å². The summed E-state index contributed by atoms with van der Waals surface area (Å²) < 4.78 is 13.4. The van der Waals surface area contributed by atoms with Gasteiger partial charge >= 0.3 is 0 Å². The Hall–Kier alpha value is -0.470. The molecule has 1 nitrogen and oxygen atoms in total. The van der Waals surface area contributed by atoms with Gasteiger partial charge in [-0.25, -0.2) is 4.39 Å². The van der Waals surface area contributed by atoms with Crippen molar-refractivity contribution < 1.29 is 9.50 Å². The summed E-state index contributed by atoms with van der Waals surface area (Å²) in [4.78, 5) is 0. The molecule has 14 heavy (non-hydrogen) atoms. The number of rotatable bonds is 1. The van der Waals surface area contributed by atoms with Crippen LogP contribution in [0.4, 0.5) is 4.39 Å². The van der Waals surface area contributed by atoms with Crippen molar-refractivity contribution in [1.82, 2.24) is 0 Å². The second-order valence-electron chi connectivity index (χ2n) is 3.48. The monoisotopic (exact) mass is 236 g/mol. The number of phenols is 1. The zero-order valence-corrected chi connectivity index (χ0v) is 9.67. The van der Waals surface area contributed by atoms with Gasteiger partial charge in [-0.05, 0) is 12.8 Å². The molecule has 0 bridgehead atoms. The number of halogens is 3. The molecule has 0 aliphatic carbocycles. The van der Waals surface area contributed by atoms with Crippen molar-refractivity contribution >= 4 is 23.2 Å². The standard InChI is InChI=1S/C10H11Cl2FO/c1-4(2)6-8(12)7(11)5(3)9(13)10(6)14/h4,14H,1-3H3. The summed E-state index contributed by atoms with van der Waals surface area (Å²) in [5.74, 6) is -1.16. The van der Waals surface area contributed by atoms with Gasteiger partial charge in [-0.3, -0.25) is 0 Å². The number of hydrogen-bond acceptors (Lipinski definition) is 1. The molecule has 0 aromatic heterocycles. The van der Waals surface area contributed by atoms with E-state index in [1.165, 1.54) is 6.92 Å². The Morgan fingerprint density at radius 3 is 2.14 bits per heavy atom. The lowest BCUT2D eigenvalue weighted by Gasteiger charge is -2.14. The topological polar surface area (TPSA) is 20.2 Å². The van der Waals surface area contributed by atoms with Gasteiger partial charge in [-0.2, -0.15) is 0 Å². The normalized spacial score (nSPS) is 11.1. The maximum Gasteiger partial charge on any atom is 0.169 e. The Morgan fingerprint density at radius 2 is 1.71 bits per heavy atom. The third-order valence-electron chi connectivity index (χ3n) is 2.13. The predicted molar refractivity (Wildman–Crippen MR) is 56.9 cm³/mol. The minimum Gasteiger partial charge on any atom is -0.505 e. The van der Waals surface area contributed by atoms with Crippen LogP contribution in [0.1, 0.15) is 30.9 Å². The molecule has 4 heteroatoms. The molecule has 0 unspecified atom stereocenters. The molecule has 0 saturated carbocycles. The first-order valence-electron chi connectivity index (χ1n) is 4.23. The Labute approximate surface area is 92.5 Å². The second-order valence-corrected chi connectivity index (χ2v) is 4.24. The summed E-state index contributed by atoms with van der Waals surface area (Å²) in [5.41, 5.74) is 0.540. The van der Waals surface area contributed by atoms with E-state index < -0.39 is 11.6 Å². The van der Waals surface area contributed by atoms with Crippen molar-refractivity contribution in [3.8, 4) is 5.75 Å². The van der Waals surface area contributed by atoms with E-state index in [1.54, 1.807) is 0 Å². The van der Waals surface area contributed by atoms with Crippen LogP contribution >= 0.6 is 23.2 Å². The van der Waals surface area contributed by atoms with Gasteiger partial charge in [0.2, 0.25) is 0 Å². The largest absolute Gasteiger partial charge is 0.505 e. The molecule has 78 valence electrons. The van der Waals surface area contributed by atoms with Crippen molar-refractivity contribution in [1.29, 1.82) is 0 Å². The third-order valence-corrected chi connectivity index (χ3v) is 3.09. The molecule has 0 aliphatic rings. The quantitative estimate of drug-likeness (QED) is 0.723. The van der Waals surface area contributed by atoms with Crippen LogP contribution in [0.25, 0.3) is 0 Å². The minimum atomic E-state index is -0.692. The third kappa shape index (κ3) is 1.69. The van der Waals surface area contributed by atoms with Gasteiger partial charge in [0.1, 0.15) is 0 Å². The lowest BCUT2D eigenvalue weighted by atomic mass is 10.00. The molecule has 1 aromatic rings. The van der Waals surface area contributed by atoms with E-state index in [4.69, 9.17) is 23.2 Å². The first-order valence-corrected chi connectivity index (χ1v) is 4.99. The molecule has 1 aromatic carbocycles. The molecule has 0 atom stereocenters. The van der Waals surface area contributed by atoms with Gasteiger partial charge in [0.15, 0.2) is 11.6 Å². The zero-order chi connectivity index (χ0) is 11.0. The van der Waals surface area contributed by atoms with Crippen molar-refractivity contribution in [2.75, 3.05) is 0 Å². The molecule has 0 heterocycles. The summed E-state index contributed by atoms with van der Waals surface area (Å²) in [5, 5.41) is 9.94. The van der Waals surface area contributed by atoms with Crippen LogP contribution in [0, 0.1) is 12.7 Å². The molecule has 1 rings (SSSR count). The summed E-state index contributed by atoms with van der Waals surface area (Å²) in [6.07, 6.45) is 0. The average molecular weight is 237 g/mol. The molecular weight excluding hydrogens is 226 g/mol. The molecule has 0 saturated heterocycles. The van der Waals surface area contributed by atoms with Crippen LogP contribution < -0.4 is 0 Å². The fraction of sp³-hybridized carbons (Fsp3) is 0.400. The summed E-state index contributed by atoms with van der Waals surface area (Å²) in [6.45, 7) is 5.10. The molecule has 0 amide bonds. The first kappa shape index (κ1) is 11.6. The van der Waals surface area contributed by atoms with Crippen LogP contribution in [0.5, 0.6) is 5.75 Å². The summed E-state index contributed by atoms with van der Waals surface area (Å²) in [6, 6.07) is 0. The van der Waals surface area contributed by atoms with Gasteiger partial charge in [0.05, 0.1) is 10.0 Å². The van der Waals surface area contributed by atoms with Crippen molar-refractivity contribution in [2.45, 2.75) is 26.7 Å². The predicted octanol–water partition coefficient (Wildman–Crippen LogP) is 4.27. The maximum absolute atomic E-state index is 13.4. The maximum atomic E-state index is 13.4. The van der Waals surface area contributed by atoms with Gasteiger partial charge in [0.25, 0.3) is 0 Å². The van der Waals surface area contributed by atoms with E-state index in [1.807, 2.05) is 13.8 Å². The second kappa shape index (κ2) is 3.95. The van der Waals surface area contributed by atoms with E-state index in [2.05, 4.69) is 0 Å². The highest BCUT2D eigenvalue weighted by atomic mass is 35.5. The summed E-state index contributed by atoms with van der Waals surface area (Å²) in [7, 11) is 0. The average Bonchev–Trinajstić information content (AvgIpc) is 2.11. The van der Waals surface area contributed by atoms with Crippen LogP contribution in [0.3, 0.4) is 0 Å². The number of hydrogen-bond donors (Lipinski definition) is 1. The minimum absolute atomic E-state index is 0.0740. The highest BCUT2D eigenvalue weighted by molar-refractivity contribution is 6.43. The fourth-order valence-corrected chi connectivity index (χ4v) is 1.94. The lowest BCUT2D eigenvalue weighted by molar-refractivity contribution is 0.421. The Kier molecular flexibility index (Phi) is 3.28. The molecule has 1 N–H and O–H groups in total. The van der Waals surface area contributed by atoms with Crippen molar-refractivity contribution in [2.24, 2.45) is 0 Å². The first-order chi connectivity index (χ1) is 6.37. The molecule has 0 aliphatic heterocycles.